The predicted molar refractivity (Wildman–Crippen MR) is 99.4 cm³/mol. The lowest BCUT2D eigenvalue weighted by Crippen LogP contribution is -2.36. The minimum absolute atomic E-state index is 0.0414. The standard InChI is InChI=1S/C17H25N3O6S/c1-12(16(21)22)11-19(2)17(23)18-13-6-7-15(14(10-13)26-3)27(24,25)20-8-4-5-9-20/h6-7,10,12H,4-5,8-9,11H2,1-3H3,(H,18,23)(H,21,22). The molecule has 0 aliphatic carbocycles. The Morgan fingerprint density at radius 1 is 1.33 bits per heavy atom. The number of methoxy groups -OCH3 is 1. The first-order chi connectivity index (χ1) is 12.7. The molecule has 1 fully saturated rings. The summed E-state index contributed by atoms with van der Waals surface area (Å²) in [6.45, 7) is 2.51. The molecule has 1 unspecified atom stereocenters. The van der Waals surface area contributed by atoms with E-state index in [9.17, 15) is 18.0 Å². The predicted octanol–water partition coefficient (Wildman–Crippen LogP) is 1.66. The third kappa shape index (κ3) is 4.89. The maximum atomic E-state index is 12.7. The molecule has 1 atom stereocenters. The molecule has 1 aliphatic rings. The number of hydrogen-bond donors (Lipinski definition) is 2. The number of rotatable bonds is 7. The largest absolute Gasteiger partial charge is 0.495 e. The fourth-order valence-electron chi connectivity index (χ4n) is 2.82. The van der Waals surface area contributed by atoms with E-state index >= 15 is 0 Å². The van der Waals surface area contributed by atoms with Crippen LogP contribution in [0.25, 0.3) is 0 Å². The van der Waals surface area contributed by atoms with Gasteiger partial charge in [-0.1, -0.05) is 6.92 Å². The number of carboxylic acid groups (broad SMARTS) is 1. The first-order valence-electron chi connectivity index (χ1n) is 8.60. The summed E-state index contributed by atoms with van der Waals surface area (Å²) in [6.07, 6.45) is 1.66. The van der Waals surface area contributed by atoms with E-state index in [4.69, 9.17) is 9.84 Å². The second-order valence-electron chi connectivity index (χ2n) is 6.53. The lowest BCUT2D eigenvalue weighted by Gasteiger charge is -2.21. The number of amides is 2. The van der Waals surface area contributed by atoms with Gasteiger partial charge in [0, 0.05) is 38.4 Å². The number of nitrogens with zero attached hydrogens (tertiary/aromatic N) is 2. The Labute approximate surface area is 159 Å². The average molecular weight is 399 g/mol. The minimum Gasteiger partial charge on any atom is -0.495 e. The van der Waals surface area contributed by atoms with Gasteiger partial charge in [-0.2, -0.15) is 4.31 Å². The van der Waals surface area contributed by atoms with Crippen molar-refractivity contribution >= 4 is 27.7 Å². The van der Waals surface area contributed by atoms with Gasteiger partial charge in [0.15, 0.2) is 0 Å². The fourth-order valence-corrected chi connectivity index (χ4v) is 4.47. The molecule has 0 saturated carbocycles. The highest BCUT2D eigenvalue weighted by atomic mass is 32.2. The minimum atomic E-state index is -3.65. The zero-order chi connectivity index (χ0) is 20.2. The number of sulfonamides is 1. The number of carbonyl (C=O) groups excluding carboxylic acids is 1. The molecule has 1 heterocycles. The van der Waals surface area contributed by atoms with Gasteiger partial charge in [-0.3, -0.25) is 4.79 Å². The van der Waals surface area contributed by atoms with Gasteiger partial charge in [-0.25, -0.2) is 13.2 Å². The van der Waals surface area contributed by atoms with Crippen LogP contribution in [0.2, 0.25) is 0 Å². The van der Waals surface area contributed by atoms with Crippen LogP contribution >= 0.6 is 0 Å². The van der Waals surface area contributed by atoms with Crippen molar-refractivity contribution in [1.29, 1.82) is 0 Å². The van der Waals surface area contributed by atoms with E-state index < -0.39 is 27.9 Å². The topological polar surface area (TPSA) is 116 Å². The first-order valence-corrected chi connectivity index (χ1v) is 10.0. The summed E-state index contributed by atoms with van der Waals surface area (Å²) in [5.41, 5.74) is 0.354. The molecular formula is C17H25N3O6S. The van der Waals surface area contributed by atoms with E-state index in [-0.39, 0.29) is 17.2 Å². The van der Waals surface area contributed by atoms with E-state index in [1.165, 1.54) is 48.5 Å². The van der Waals surface area contributed by atoms with Crippen LogP contribution in [0.3, 0.4) is 0 Å². The van der Waals surface area contributed by atoms with Gasteiger partial charge in [0.25, 0.3) is 0 Å². The van der Waals surface area contributed by atoms with Crippen molar-refractivity contribution < 1.29 is 27.9 Å². The molecule has 1 saturated heterocycles. The summed E-state index contributed by atoms with van der Waals surface area (Å²) in [7, 11) is -0.798. The second-order valence-corrected chi connectivity index (χ2v) is 8.43. The zero-order valence-corrected chi connectivity index (χ0v) is 16.5. The van der Waals surface area contributed by atoms with Crippen LogP contribution in [-0.4, -0.2) is 68.5 Å². The van der Waals surface area contributed by atoms with Crippen molar-refractivity contribution in [1.82, 2.24) is 9.21 Å². The van der Waals surface area contributed by atoms with Crippen molar-refractivity contribution in [3.63, 3.8) is 0 Å². The maximum absolute atomic E-state index is 12.7. The molecular weight excluding hydrogens is 374 g/mol. The Balaban J connectivity index is 2.16. The molecule has 150 valence electrons. The number of anilines is 1. The van der Waals surface area contributed by atoms with Crippen molar-refractivity contribution in [2.24, 2.45) is 5.92 Å². The fraction of sp³-hybridized carbons (Fsp3) is 0.529. The zero-order valence-electron chi connectivity index (χ0n) is 15.6. The molecule has 0 aromatic heterocycles. The number of carboxylic acids is 1. The molecule has 0 radical (unpaired) electrons. The quantitative estimate of drug-likeness (QED) is 0.720. The molecule has 1 aromatic carbocycles. The monoisotopic (exact) mass is 399 g/mol. The molecule has 10 heteroatoms. The SMILES string of the molecule is COc1cc(NC(=O)N(C)CC(C)C(=O)O)ccc1S(=O)(=O)N1CCCC1. The van der Waals surface area contributed by atoms with Gasteiger partial charge < -0.3 is 20.1 Å². The molecule has 9 nitrogen and oxygen atoms in total. The Hall–Kier alpha value is -2.33. The average Bonchev–Trinajstić information content (AvgIpc) is 3.16. The van der Waals surface area contributed by atoms with Crippen LogP contribution in [0.5, 0.6) is 5.75 Å². The van der Waals surface area contributed by atoms with Crippen molar-refractivity contribution in [2.75, 3.05) is 39.1 Å². The number of aliphatic carboxylic acids is 1. The van der Waals surface area contributed by atoms with Gasteiger partial charge in [0.1, 0.15) is 10.6 Å². The summed E-state index contributed by atoms with van der Waals surface area (Å²) in [5, 5.41) is 11.5. The maximum Gasteiger partial charge on any atom is 0.321 e. The summed E-state index contributed by atoms with van der Waals surface area (Å²) in [4.78, 5) is 24.4. The number of benzene rings is 1. The van der Waals surface area contributed by atoms with E-state index in [0.717, 1.165) is 12.8 Å². The molecule has 2 amide bonds. The van der Waals surface area contributed by atoms with Crippen molar-refractivity contribution in [3.8, 4) is 5.75 Å². The Morgan fingerprint density at radius 2 is 1.96 bits per heavy atom. The van der Waals surface area contributed by atoms with Crippen LogP contribution in [0.1, 0.15) is 19.8 Å². The highest BCUT2D eigenvalue weighted by molar-refractivity contribution is 7.89. The third-order valence-electron chi connectivity index (χ3n) is 4.41. The molecule has 1 aliphatic heterocycles. The molecule has 2 rings (SSSR count). The Bertz CT molecular complexity index is 805. The summed E-state index contributed by atoms with van der Waals surface area (Å²) >= 11 is 0. The number of urea groups is 1. The van der Waals surface area contributed by atoms with Gasteiger partial charge >= 0.3 is 12.0 Å². The summed E-state index contributed by atoms with van der Waals surface area (Å²) in [6, 6.07) is 3.83. The first kappa shape index (κ1) is 21.0. The summed E-state index contributed by atoms with van der Waals surface area (Å²) in [5.74, 6) is -1.56. The van der Waals surface area contributed by atoms with Crippen LogP contribution in [-0.2, 0) is 14.8 Å². The van der Waals surface area contributed by atoms with E-state index in [1.807, 2.05) is 0 Å². The number of ether oxygens (including phenoxy) is 1. The normalized spacial score (nSPS) is 16.0. The van der Waals surface area contributed by atoms with Crippen LogP contribution in [0.15, 0.2) is 23.1 Å². The molecule has 2 N–H and O–H groups in total. The number of carbonyl (C=O) groups is 2. The van der Waals surface area contributed by atoms with Gasteiger partial charge in [-0.05, 0) is 25.0 Å². The van der Waals surface area contributed by atoms with Crippen molar-refractivity contribution in [2.45, 2.75) is 24.7 Å². The third-order valence-corrected chi connectivity index (χ3v) is 6.35. The van der Waals surface area contributed by atoms with Gasteiger partial charge in [-0.15, -0.1) is 0 Å². The number of nitrogens with one attached hydrogen (secondary N) is 1. The Kier molecular flexibility index (Phi) is 6.66. The lowest BCUT2D eigenvalue weighted by molar-refractivity contribution is -0.141. The van der Waals surface area contributed by atoms with Gasteiger partial charge in [0.05, 0.1) is 13.0 Å². The Morgan fingerprint density at radius 3 is 2.52 bits per heavy atom. The highest BCUT2D eigenvalue weighted by Crippen LogP contribution is 2.31. The van der Waals surface area contributed by atoms with Gasteiger partial charge in [0.2, 0.25) is 10.0 Å². The van der Waals surface area contributed by atoms with Crippen molar-refractivity contribution in [3.05, 3.63) is 18.2 Å². The summed E-state index contributed by atoms with van der Waals surface area (Å²) < 4.78 is 32.1. The molecule has 1 aromatic rings. The van der Waals surface area contributed by atoms with E-state index in [0.29, 0.717) is 18.8 Å². The number of hydrogen-bond acceptors (Lipinski definition) is 5. The highest BCUT2D eigenvalue weighted by Gasteiger charge is 2.30. The van der Waals surface area contributed by atoms with E-state index in [2.05, 4.69) is 5.32 Å². The smallest absolute Gasteiger partial charge is 0.321 e. The molecule has 27 heavy (non-hydrogen) atoms. The van der Waals surface area contributed by atoms with Crippen LogP contribution < -0.4 is 10.1 Å². The second kappa shape index (κ2) is 8.57. The molecule has 0 bridgehead atoms. The molecule has 0 spiro atoms. The van der Waals surface area contributed by atoms with Crippen LogP contribution in [0, 0.1) is 5.92 Å². The van der Waals surface area contributed by atoms with Crippen LogP contribution in [0.4, 0.5) is 10.5 Å². The lowest BCUT2D eigenvalue weighted by atomic mass is 10.2. The van der Waals surface area contributed by atoms with E-state index in [1.54, 1.807) is 0 Å².